The molecule has 0 spiro atoms. The van der Waals surface area contributed by atoms with E-state index in [2.05, 4.69) is 6.58 Å². The van der Waals surface area contributed by atoms with Crippen LogP contribution in [0.2, 0.25) is 5.02 Å². The number of ether oxygens (including phenoxy) is 2. The summed E-state index contributed by atoms with van der Waals surface area (Å²) in [6.07, 6.45) is 5.22. The number of hydrogen-bond acceptors (Lipinski definition) is 5. The summed E-state index contributed by atoms with van der Waals surface area (Å²) >= 11 is 6.34. The Kier molecular flexibility index (Phi) is 9.85. The molecule has 1 heterocycles. The first-order valence-electron chi connectivity index (χ1n) is 9.59. The molecule has 0 fully saturated rings. The second-order valence-corrected chi connectivity index (χ2v) is 7.25. The number of Topliss-reactive ketones (excluding diaryl/α,β-unsaturated/α-hetero) is 1. The fourth-order valence-electron chi connectivity index (χ4n) is 3.10. The fourth-order valence-corrected chi connectivity index (χ4v) is 3.36. The maximum absolute atomic E-state index is 13.6. The second-order valence-electron chi connectivity index (χ2n) is 6.85. The van der Waals surface area contributed by atoms with Gasteiger partial charge in [-0.15, -0.1) is 19.0 Å². The standard InChI is InChI=1S/C23H24ClFN2O3.ClH/c1-2-13-29-23(19-7-3-4-8-20(19)24)15-27-12-11-26(17-27)14-18(28)16-30-22-10-6-5-9-21(22)25;/h2-12,23H,1,13-17H2;1H. The Labute approximate surface area is 193 Å². The Bertz CT molecular complexity index is 910. The molecule has 0 saturated carbocycles. The number of halogens is 3. The molecule has 0 radical (unpaired) electrons. The Morgan fingerprint density at radius 3 is 2.61 bits per heavy atom. The molecule has 0 saturated heterocycles. The van der Waals surface area contributed by atoms with Gasteiger partial charge in [-0.25, -0.2) is 4.39 Å². The van der Waals surface area contributed by atoms with Gasteiger partial charge in [-0.05, 0) is 18.2 Å². The summed E-state index contributed by atoms with van der Waals surface area (Å²) in [6.45, 7) is 5.20. The van der Waals surface area contributed by atoms with Crippen molar-refractivity contribution in [3.8, 4) is 5.75 Å². The molecular weight excluding hydrogens is 442 g/mol. The van der Waals surface area contributed by atoms with Crippen molar-refractivity contribution in [1.29, 1.82) is 0 Å². The smallest absolute Gasteiger partial charge is 0.189 e. The Hall–Kier alpha value is -2.54. The zero-order chi connectivity index (χ0) is 21.3. The van der Waals surface area contributed by atoms with Gasteiger partial charge < -0.3 is 19.3 Å². The highest BCUT2D eigenvalue weighted by Gasteiger charge is 2.22. The summed E-state index contributed by atoms with van der Waals surface area (Å²) in [6, 6.07) is 13.6. The molecule has 8 heteroatoms. The van der Waals surface area contributed by atoms with Gasteiger partial charge in [0, 0.05) is 29.5 Å². The average molecular weight is 467 g/mol. The van der Waals surface area contributed by atoms with E-state index in [9.17, 15) is 9.18 Å². The second kappa shape index (κ2) is 12.3. The molecule has 1 unspecified atom stereocenters. The lowest BCUT2D eigenvalue weighted by Crippen LogP contribution is -2.33. The van der Waals surface area contributed by atoms with E-state index in [0.717, 1.165) is 5.56 Å². The predicted molar refractivity (Wildman–Crippen MR) is 122 cm³/mol. The number of carbonyl (C=O) groups is 1. The molecule has 166 valence electrons. The lowest BCUT2D eigenvalue weighted by atomic mass is 10.1. The van der Waals surface area contributed by atoms with Crippen LogP contribution in [0.1, 0.15) is 11.7 Å². The quantitative estimate of drug-likeness (QED) is 0.443. The molecule has 5 nitrogen and oxygen atoms in total. The normalized spacial score (nSPS) is 13.6. The van der Waals surface area contributed by atoms with Crippen molar-refractivity contribution in [1.82, 2.24) is 9.80 Å². The summed E-state index contributed by atoms with van der Waals surface area (Å²) in [5.74, 6) is -0.551. The summed E-state index contributed by atoms with van der Waals surface area (Å²) in [5.41, 5.74) is 0.905. The number of carbonyl (C=O) groups excluding carboxylic acids is 1. The van der Waals surface area contributed by atoms with Gasteiger partial charge in [-0.3, -0.25) is 4.79 Å². The first kappa shape index (κ1) is 24.7. The Morgan fingerprint density at radius 2 is 1.87 bits per heavy atom. The SMILES string of the molecule is C=CCOC(CN1C=CN(CC(=O)COc2ccccc2F)C1)c1ccccc1Cl.Cl. The van der Waals surface area contributed by atoms with Crippen LogP contribution in [0.4, 0.5) is 4.39 Å². The third-order valence-corrected chi connectivity index (χ3v) is 4.87. The van der Waals surface area contributed by atoms with Gasteiger partial charge in [-0.1, -0.05) is 48.0 Å². The molecular formula is C23H25Cl2FN2O3. The third-order valence-electron chi connectivity index (χ3n) is 4.52. The van der Waals surface area contributed by atoms with Crippen LogP contribution in [0.5, 0.6) is 5.75 Å². The van der Waals surface area contributed by atoms with Crippen LogP contribution in [-0.2, 0) is 9.53 Å². The molecule has 31 heavy (non-hydrogen) atoms. The highest BCUT2D eigenvalue weighted by molar-refractivity contribution is 6.31. The predicted octanol–water partition coefficient (Wildman–Crippen LogP) is 4.84. The topological polar surface area (TPSA) is 42.0 Å². The Morgan fingerprint density at radius 1 is 1.16 bits per heavy atom. The zero-order valence-electron chi connectivity index (χ0n) is 17.0. The third kappa shape index (κ3) is 7.28. The van der Waals surface area contributed by atoms with Crippen molar-refractivity contribution in [2.24, 2.45) is 0 Å². The summed E-state index contributed by atoms with van der Waals surface area (Å²) in [7, 11) is 0. The number of para-hydroxylation sites is 1. The largest absolute Gasteiger partial charge is 0.483 e. The molecule has 3 rings (SSSR count). The number of benzene rings is 2. The van der Waals surface area contributed by atoms with E-state index in [4.69, 9.17) is 21.1 Å². The first-order chi connectivity index (χ1) is 14.6. The van der Waals surface area contributed by atoms with Gasteiger partial charge >= 0.3 is 0 Å². The van der Waals surface area contributed by atoms with Crippen LogP contribution in [0.15, 0.2) is 73.6 Å². The minimum atomic E-state index is -0.484. The van der Waals surface area contributed by atoms with Gasteiger partial charge in [0.25, 0.3) is 0 Å². The van der Waals surface area contributed by atoms with Gasteiger partial charge in [0.15, 0.2) is 17.3 Å². The van der Waals surface area contributed by atoms with Crippen molar-refractivity contribution in [3.05, 3.63) is 90.0 Å². The summed E-state index contributed by atoms with van der Waals surface area (Å²) < 4.78 is 24.8. The van der Waals surface area contributed by atoms with Crippen LogP contribution in [0.25, 0.3) is 0 Å². The minimum absolute atomic E-state index is 0. The van der Waals surface area contributed by atoms with Crippen molar-refractivity contribution >= 4 is 29.8 Å². The molecule has 0 aromatic heterocycles. The van der Waals surface area contributed by atoms with E-state index < -0.39 is 5.82 Å². The van der Waals surface area contributed by atoms with Crippen LogP contribution >= 0.6 is 24.0 Å². The molecule has 0 aliphatic carbocycles. The fraction of sp³-hybridized carbons (Fsp3) is 0.261. The molecule has 1 atom stereocenters. The van der Waals surface area contributed by atoms with Gasteiger partial charge in [-0.2, -0.15) is 0 Å². The maximum atomic E-state index is 13.6. The molecule has 0 amide bonds. The molecule has 2 aromatic carbocycles. The van der Waals surface area contributed by atoms with Crippen molar-refractivity contribution in [3.63, 3.8) is 0 Å². The highest BCUT2D eigenvalue weighted by atomic mass is 35.5. The minimum Gasteiger partial charge on any atom is -0.483 e. The van der Waals surface area contributed by atoms with Crippen LogP contribution in [-0.4, -0.2) is 48.6 Å². The molecule has 0 N–H and O–H groups in total. The van der Waals surface area contributed by atoms with Crippen LogP contribution < -0.4 is 4.74 Å². The van der Waals surface area contributed by atoms with E-state index in [-0.39, 0.29) is 43.2 Å². The molecule has 2 aromatic rings. The molecule has 1 aliphatic rings. The van der Waals surface area contributed by atoms with Crippen molar-refractivity contribution < 1.29 is 18.7 Å². The lowest BCUT2D eigenvalue weighted by Gasteiger charge is -2.26. The number of nitrogens with zero attached hydrogens (tertiary/aromatic N) is 2. The first-order valence-corrected chi connectivity index (χ1v) is 9.97. The number of ketones is 1. The van der Waals surface area contributed by atoms with E-state index in [1.807, 2.05) is 46.5 Å². The summed E-state index contributed by atoms with van der Waals surface area (Å²) in [4.78, 5) is 16.1. The number of hydrogen-bond donors (Lipinski definition) is 0. The summed E-state index contributed by atoms with van der Waals surface area (Å²) in [5, 5.41) is 0.645. The lowest BCUT2D eigenvalue weighted by molar-refractivity contribution is -0.121. The van der Waals surface area contributed by atoms with E-state index in [1.165, 1.54) is 12.1 Å². The van der Waals surface area contributed by atoms with Crippen molar-refractivity contribution in [2.45, 2.75) is 6.10 Å². The highest BCUT2D eigenvalue weighted by Crippen LogP contribution is 2.27. The van der Waals surface area contributed by atoms with E-state index in [1.54, 1.807) is 18.2 Å². The van der Waals surface area contributed by atoms with Gasteiger partial charge in [0.2, 0.25) is 0 Å². The zero-order valence-corrected chi connectivity index (χ0v) is 18.5. The molecule has 0 bridgehead atoms. The molecule has 1 aliphatic heterocycles. The van der Waals surface area contributed by atoms with Crippen LogP contribution in [0.3, 0.4) is 0 Å². The van der Waals surface area contributed by atoms with Crippen molar-refractivity contribution in [2.75, 3.05) is 33.0 Å². The van der Waals surface area contributed by atoms with E-state index in [0.29, 0.717) is 24.8 Å². The average Bonchev–Trinajstić information content (AvgIpc) is 3.17. The monoisotopic (exact) mass is 466 g/mol. The van der Waals surface area contributed by atoms with Gasteiger partial charge in [0.05, 0.1) is 19.8 Å². The number of rotatable bonds is 11. The van der Waals surface area contributed by atoms with Gasteiger partial charge in [0.1, 0.15) is 12.7 Å². The van der Waals surface area contributed by atoms with Crippen LogP contribution in [0, 0.1) is 5.82 Å². The maximum Gasteiger partial charge on any atom is 0.189 e. The Balaban J connectivity index is 0.00000341. The van der Waals surface area contributed by atoms with E-state index >= 15 is 0 Å².